The van der Waals surface area contributed by atoms with Crippen molar-refractivity contribution in [2.75, 3.05) is 44.2 Å². The highest BCUT2D eigenvalue weighted by atomic mass is 32.2. The third-order valence-corrected chi connectivity index (χ3v) is 7.35. The van der Waals surface area contributed by atoms with Crippen LogP contribution in [-0.4, -0.2) is 61.9 Å². The van der Waals surface area contributed by atoms with Crippen molar-refractivity contribution in [1.82, 2.24) is 14.2 Å². The summed E-state index contributed by atoms with van der Waals surface area (Å²) in [5.41, 5.74) is 0.713. The van der Waals surface area contributed by atoms with Crippen molar-refractivity contribution in [2.45, 2.75) is 24.3 Å². The summed E-state index contributed by atoms with van der Waals surface area (Å²) in [6.07, 6.45) is 3.30. The van der Waals surface area contributed by atoms with Gasteiger partial charge >= 0.3 is 0 Å². The maximum Gasteiger partial charge on any atom is 0.244 e. The lowest BCUT2D eigenvalue weighted by atomic mass is 10.2. The number of anilines is 1. The molecule has 0 N–H and O–H groups in total. The van der Waals surface area contributed by atoms with E-state index in [0.717, 1.165) is 44.8 Å². The number of benzene rings is 1. The molecule has 2 saturated heterocycles. The Morgan fingerprint density at radius 1 is 0.929 bits per heavy atom. The van der Waals surface area contributed by atoms with Crippen LogP contribution in [0.15, 0.2) is 47.5 Å². The smallest absolute Gasteiger partial charge is 0.244 e. The van der Waals surface area contributed by atoms with E-state index in [9.17, 15) is 12.8 Å². The molecule has 2 aliphatic rings. The average molecular weight is 405 g/mol. The third-order valence-electron chi connectivity index (χ3n) is 5.47. The van der Waals surface area contributed by atoms with Gasteiger partial charge in [-0.1, -0.05) is 18.2 Å². The van der Waals surface area contributed by atoms with Gasteiger partial charge in [0.15, 0.2) is 0 Å². The van der Waals surface area contributed by atoms with Gasteiger partial charge in [-0.3, -0.25) is 4.90 Å². The molecule has 1 aromatic carbocycles. The van der Waals surface area contributed by atoms with E-state index in [1.807, 2.05) is 12.1 Å². The van der Waals surface area contributed by atoms with Crippen LogP contribution in [0.25, 0.3) is 0 Å². The molecule has 8 heteroatoms. The van der Waals surface area contributed by atoms with E-state index in [4.69, 9.17) is 0 Å². The van der Waals surface area contributed by atoms with Crippen LogP contribution in [0.1, 0.15) is 18.4 Å². The highest BCUT2D eigenvalue weighted by molar-refractivity contribution is 7.89. The van der Waals surface area contributed by atoms with E-state index in [1.54, 1.807) is 18.2 Å². The van der Waals surface area contributed by atoms with Crippen molar-refractivity contribution < 1.29 is 12.8 Å². The second-order valence-electron chi connectivity index (χ2n) is 7.32. The first kappa shape index (κ1) is 19.3. The van der Waals surface area contributed by atoms with Gasteiger partial charge in [0.1, 0.15) is 16.5 Å². The van der Waals surface area contributed by atoms with Crippen molar-refractivity contribution in [1.29, 1.82) is 0 Å². The molecule has 0 saturated carbocycles. The zero-order valence-corrected chi connectivity index (χ0v) is 16.6. The van der Waals surface area contributed by atoms with E-state index >= 15 is 0 Å². The molecule has 2 aliphatic heterocycles. The van der Waals surface area contributed by atoms with E-state index in [0.29, 0.717) is 25.2 Å². The van der Waals surface area contributed by atoms with Gasteiger partial charge in [-0.2, -0.15) is 4.31 Å². The Morgan fingerprint density at radius 2 is 1.64 bits per heavy atom. The SMILES string of the molecule is O=S(=O)(c1ccc(N2CCN(Cc3ccccc3F)CC2)nc1)N1CCCC1. The minimum atomic E-state index is -3.43. The minimum absolute atomic E-state index is 0.165. The van der Waals surface area contributed by atoms with Gasteiger partial charge in [-0.15, -0.1) is 0 Å². The Bertz CT molecular complexity index is 906. The molecule has 0 atom stereocenters. The molecule has 0 unspecified atom stereocenters. The van der Waals surface area contributed by atoms with Gasteiger partial charge in [0.2, 0.25) is 10.0 Å². The van der Waals surface area contributed by atoms with Crippen molar-refractivity contribution in [3.05, 3.63) is 54.0 Å². The standard InChI is InChI=1S/C20H25FN4O2S/c21-19-6-2-1-5-17(19)16-23-11-13-24(14-12-23)20-8-7-18(15-22-20)28(26,27)25-9-3-4-10-25/h1-2,5-8,15H,3-4,9-14,16H2. The molecule has 28 heavy (non-hydrogen) atoms. The van der Waals surface area contributed by atoms with Crippen molar-refractivity contribution in [2.24, 2.45) is 0 Å². The predicted octanol–water partition coefficient (Wildman–Crippen LogP) is 2.33. The van der Waals surface area contributed by atoms with Crippen LogP contribution >= 0.6 is 0 Å². The summed E-state index contributed by atoms with van der Waals surface area (Å²) in [5.74, 6) is 0.618. The number of piperazine rings is 1. The fourth-order valence-electron chi connectivity index (χ4n) is 3.79. The summed E-state index contributed by atoms with van der Waals surface area (Å²) in [6, 6.07) is 10.3. The van der Waals surface area contributed by atoms with Gasteiger partial charge < -0.3 is 4.90 Å². The molecule has 1 aromatic heterocycles. The summed E-state index contributed by atoms with van der Waals surface area (Å²) in [6.45, 7) is 4.95. The van der Waals surface area contributed by atoms with Crippen LogP contribution in [-0.2, 0) is 16.6 Å². The van der Waals surface area contributed by atoms with Crippen molar-refractivity contribution in [3.63, 3.8) is 0 Å². The Labute approximate surface area is 165 Å². The van der Waals surface area contributed by atoms with Gasteiger partial charge in [-0.05, 0) is 31.0 Å². The summed E-state index contributed by atoms with van der Waals surface area (Å²) < 4.78 is 40.6. The van der Waals surface area contributed by atoms with E-state index in [1.165, 1.54) is 16.6 Å². The number of rotatable bonds is 5. The third kappa shape index (κ3) is 4.04. The molecule has 0 bridgehead atoms. The Morgan fingerprint density at radius 3 is 2.29 bits per heavy atom. The van der Waals surface area contributed by atoms with Gasteiger partial charge in [0.05, 0.1) is 0 Å². The summed E-state index contributed by atoms with van der Waals surface area (Å²) in [5, 5.41) is 0. The van der Waals surface area contributed by atoms with Crippen LogP contribution in [0.4, 0.5) is 10.2 Å². The highest BCUT2D eigenvalue weighted by Gasteiger charge is 2.27. The fraction of sp³-hybridized carbons (Fsp3) is 0.450. The monoisotopic (exact) mass is 404 g/mol. The summed E-state index contributed by atoms with van der Waals surface area (Å²) in [7, 11) is -3.43. The molecular weight excluding hydrogens is 379 g/mol. The number of halogens is 1. The lowest BCUT2D eigenvalue weighted by Crippen LogP contribution is -2.46. The number of hydrogen-bond acceptors (Lipinski definition) is 5. The zero-order chi connectivity index (χ0) is 19.6. The van der Waals surface area contributed by atoms with Crippen LogP contribution in [0.5, 0.6) is 0 Å². The van der Waals surface area contributed by atoms with Gasteiger partial charge in [0, 0.05) is 57.6 Å². The zero-order valence-electron chi connectivity index (χ0n) is 15.8. The maximum atomic E-state index is 13.8. The second-order valence-corrected chi connectivity index (χ2v) is 9.26. The van der Waals surface area contributed by atoms with Crippen LogP contribution < -0.4 is 4.90 Å². The van der Waals surface area contributed by atoms with Gasteiger partial charge in [0.25, 0.3) is 0 Å². The predicted molar refractivity (Wildman–Crippen MR) is 106 cm³/mol. The molecule has 0 aliphatic carbocycles. The van der Waals surface area contributed by atoms with Crippen LogP contribution in [0.3, 0.4) is 0 Å². The Balaban J connectivity index is 1.36. The quantitative estimate of drug-likeness (QED) is 0.766. The average Bonchev–Trinajstić information content (AvgIpc) is 3.26. The second kappa shape index (κ2) is 8.14. The largest absolute Gasteiger partial charge is 0.354 e. The first-order valence-corrected chi connectivity index (χ1v) is 11.1. The summed E-state index contributed by atoms with van der Waals surface area (Å²) >= 11 is 0. The van der Waals surface area contributed by atoms with E-state index in [-0.39, 0.29) is 10.7 Å². The van der Waals surface area contributed by atoms with Crippen LogP contribution in [0.2, 0.25) is 0 Å². The minimum Gasteiger partial charge on any atom is -0.354 e. The van der Waals surface area contributed by atoms with E-state index < -0.39 is 10.0 Å². The molecule has 3 heterocycles. The number of sulfonamides is 1. The number of nitrogens with zero attached hydrogens (tertiary/aromatic N) is 4. The van der Waals surface area contributed by atoms with Crippen molar-refractivity contribution >= 4 is 15.8 Å². The normalized spacial score (nSPS) is 19.2. The van der Waals surface area contributed by atoms with E-state index in [2.05, 4.69) is 14.8 Å². The molecule has 4 rings (SSSR count). The van der Waals surface area contributed by atoms with Gasteiger partial charge in [-0.25, -0.2) is 17.8 Å². The van der Waals surface area contributed by atoms with Crippen molar-refractivity contribution in [3.8, 4) is 0 Å². The lowest BCUT2D eigenvalue weighted by molar-refractivity contribution is 0.246. The molecule has 2 aromatic rings. The number of aromatic nitrogens is 1. The first-order chi connectivity index (χ1) is 13.5. The lowest BCUT2D eigenvalue weighted by Gasteiger charge is -2.35. The number of pyridine rings is 1. The molecular formula is C20H25FN4O2S. The molecule has 6 nitrogen and oxygen atoms in total. The fourth-order valence-corrected chi connectivity index (χ4v) is 5.26. The van der Waals surface area contributed by atoms with Crippen LogP contribution in [0, 0.1) is 5.82 Å². The highest BCUT2D eigenvalue weighted by Crippen LogP contribution is 2.22. The molecule has 0 radical (unpaired) electrons. The molecule has 0 amide bonds. The molecule has 2 fully saturated rings. The maximum absolute atomic E-state index is 13.8. The molecule has 0 spiro atoms. The Kier molecular flexibility index (Phi) is 5.61. The topological polar surface area (TPSA) is 56.8 Å². The number of hydrogen-bond donors (Lipinski definition) is 0. The first-order valence-electron chi connectivity index (χ1n) is 9.71. The Hall–Kier alpha value is -2.03. The summed E-state index contributed by atoms with van der Waals surface area (Å²) in [4.78, 5) is 9.03. The molecule has 150 valence electrons.